The first kappa shape index (κ1) is 15.3. The van der Waals surface area contributed by atoms with Gasteiger partial charge >= 0.3 is 0 Å². The van der Waals surface area contributed by atoms with E-state index in [0.29, 0.717) is 6.04 Å². The third-order valence-corrected chi connectivity index (χ3v) is 4.62. The third-order valence-electron chi connectivity index (χ3n) is 3.78. The zero-order valence-corrected chi connectivity index (χ0v) is 14.2. The molecular weight excluding hydrogens is 324 g/mol. The Kier molecular flexibility index (Phi) is 4.93. The highest BCUT2D eigenvalue weighted by Gasteiger charge is 2.28. The third kappa shape index (κ3) is 4.19. The molecule has 0 saturated carbocycles. The molecule has 1 aromatic carbocycles. The van der Waals surface area contributed by atoms with Crippen LogP contribution in [0.15, 0.2) is 22.7 Å². The fourth-order valence-corrected chi connectivity index (χ4v) is 3.34. The van der Waals surface area contributed by atoms with Gasteiger partial charge in [0.05, 0.1) is 0 Å². The molecule has 0 spiro atoms. The monoisotopic (exact) mass is 344 g/mol. The molecule has 1 saturated heterocycles. The number of benzene rings is 1. The lowest BCUT2D eigenvalue weighted by molar-refractivity contribution is 0.173. The second-order valence-electron chi connectivity index (χ2n) is 6.09. The second kappa shape index (κ2) is 6.13. The van der Waals surface area contributed by atoms with Crippen LogP contribution in [0, 0.1) is 0 Å². The number of rotatable bonds is 2. The summed E-state index contributed by atoms with van der Waals surface area (Å²) in [5, 5.41) is 4.45. The molecule has 1 aromatic rings. The van der Waals surface area contributed by atoms with E-state index < -0.39 is 0 Å². The summed E-state index contributed by atoms with van der Waals surface area (Å²) < 4.78 is 1.03. The van der Waals surface area contributed by atoms with Gasteiger partial charge in [0.2, 0.25) is 0 Å². The molecule has 0 aliphatic carbocycles. The van der Waals surface area contributed by atoms with Crippen LogP contribution < -0.4 is 5.32 Å². The summed E-state index contributed by atoms with van der Waals surface area (Å²) in [6.45, 7) is 9.87. The van der Waals surface area contributed by atoms with E-state index in [4.69, 9.17) is 11.6 Å². The van der Waals surface area contributed by atoms with Gasteiger partial charge in [0.15, 0.2) is 0 Å². The first-order valence-corrected chi connectivity index (χ1v) is 7.97. The van der Waals surface area contributed by atoms with E-state index in [1.165, 1.54) is 12.0 Å². The highest BCUT2D eigenvalue weighted by atomic mass is 79.9. The van der Waals surface area contributed by atoms with Crippen LogP contribution in [-0.4, -0.2) is 29.6 Å². The van der Waals surface area contributed by atoms with Crippen LogP contribution in [-0.2, 0) is 6.54 Å². The summed E-state index contributed by atoms with van der Waals surface area (Å²) in [4.78, 5) is 2.52. The van der Waals surface area contributed by atoms with E-state index in [0.717, 1.165) is 29.1 Å². The first-order chi connectivity index (χ1) is 8.87. The van der Waals surface area contributed by atoms with Gasteiger partial charge in [0, 0.05) is 34.2 Å². The smallest absolute Gasteiger partial charge is 0.0462 e. The van der Waals surface area contributed by atoms with Crippen molar-refractivity contribution >= 4 is 27.5 Å². The van der Waals surface area contributed by atoms with Gasteiger partial charge in [-0.2, -0.15) is 0 Å². The molecule has 106 valence electrons. The Morgan fingerprint density at radius 1 is 1.47 bits per heavy atom. The van der Waals surface area contributed by atoms with Gasteiger partial charge in [0.25, 0.3) is 0 Å². The minimum absolute atomic E-state index is 0.159. The van der Waals surface area contributed by atoms with E-state index in [-0.39, 0.29) is 5.54 Å². The molecular formula is C15H22BrClN2. The number of hydrogen-bond acceptors (Lipinski definition) is 2. The van der Waals surface area contributed by atoms with E-state index in [1.807, 2.05) is 6.07 Å². The van der Waals surface area contributed by atoms with Crippen molar-refractivity contribution in [2.45, 2.75) is 45.3 Å². The maximum atomic E-state index is 6.34. The number of nitrogens with zero attached hydrogens (tertiary/aromatic N) is 1. The second-order valence-corrected chi connectivity index (χ2v) is 7.41. The lowest BCUT2D eigenvalue weighted by atomic mass is 10.0. The van der Waals surface area contributed by atoms with Crippen LogP contribution in [0.2, 0.25) is 5.02 Å². The predicted molar refractivity (Wildman–Crippen MR) is 85.7 cm³/mol. The summed E-state index contributed by atoms with van der Waals surface area (Å²) in [5.74, 6) is 0. The molecule has 0 bridgehead atoms. The maximum absolute atomic E-state index is 6.34. The highest BCUT2D eigenvalue weighted by Crippen LogP contribution is 2.25. The van der Waals surface area contributed by atoms with Crippen LogP contribution in [0.4, 0.5) is 0 Å². The number of nitrogens with one attached hydrogen (secondary N) is 1. The van der Waals surface area contributed by atoms with Gasteiger partial charge in [-0.15, -0.1) is 0 Å². The highest BCUT2D eigenvalue weighted by molar-refractivity contribution is 9.10. The van der Waals surface area contributed by atoms with Crippen molar-refractivity contribution in [1.82, 2.24) is 10.2 Å². The first-order valence-electron chi connectivity index (χ1n) is 6.80. The van der Waals surface area contributed by atoms with E-state index in [9.17, 15) is 0 Å². The molecule has 1 aliphatic rings. The Balaban J connectivity index is 2.15. The molecule has 1 N–H and O–H groups in total. The predicted octanol–water partition coefficient (Wildman–Crippen LogP) is 4.06. The molecule has 1 unspecified atom stereocenters. The van der Waals surface area contributed by atoms with Gasteiger partial charge in [-0.25, -0.2) is 0 Å². The van der Waals surface area contributed by atoms with E-state index in [2.05, 4.69) is 59.1 Å². The Bertz CT molecular complexity index is 448. The zero-order valence-electron chi connectivity index (χ0n) is 11.8. The minimum Gasteiger partial charge on any atom is -0.310 e. The van der Waals surface area contributed by atoms with Crippen LogP contribution in [0.5, 0.6) is 0 Å². The molecule has 0 amide bonds. The minimum atomic E-state index is 0.159. The lowest BCUT2D eigenvalue weighted by Gasteiger charge is -2.33. The lowest BCUT2D eigenvalue weighted by Crippen LogP contribution is -2.47. The fraction of sp³-hybridized carbons (Fsp3) is 0.600. The normalized spacial score (nSPS) is 24.2. The summed E-state index contributed by atoms with van der Waals surface area (Å²) in [7, 11) is 0. The van der Waals surface area contributed by atoms with Crippen molar-refractivity contribution in [2.24, 2.45) is 0 Å². The quantitative estimate of drug-likeness (QED) is 0.869. The van der Waals surface area contributed by atoms with Gasteiger partial charge in [0.1, 0.15) is 0 Å². The number of halogens is 2. The summed E-state index contributed by atoms with van der Waals surface area (Å²) in [6.07, 6.45) is 1.18. The Hall–Kier alpha value is -0.0900. The van der Waals surface area contributed by atoms with Crippen molar-refractivity contribution in [3.05, 3.63) is 33.3 Å². The van der Waals surface area contributed by atoms with Crippen molar-refractivity contribution < 1.29 is 0 Å². The molecule has 1 fully saturated rings. The van der Waals surface area contributed by atoms with Crippen molar-refractivity contribution in [2.75, 3.05) is 13.1 Å². The molecule has 1 atom stereocenters. The SMILES string of the molecule is CC1CCNC(C)(C)CN1Cc1ccc(Br)cc1Cl. The van der Waals surface area contributed by atoms with Crippen molar-refractivity contribution in [3.8, 4) is 0 Å². The largest absolute Gasteiger partial charge is 0.310 e. The molecule has 2 rings (SSSR count). The molecule has 0 radical (unpaired) electrons. The average molecular weight is 346 g/mol. The van der Waals surface area contributed by atoms with Crippen LogP contribution in [0.1, 0.15) is 32.8 Å². The summed E-state index contributed by atoms with van der Waals surface area (Å²) >= 11 is 9.79. The van der Waals surface area contributed by atoms with Gasteiger partial charge < -0.3 is 5.32 Å². The molecule has 2 nitrogen and oxygen atoms in total. The molecule has 0 aromatic heterocycles. The van der Waals surface area contributed by atoms with E-state index >= 15 is 0 Å². The summed E-state index contributed by atoms with van der Waals surface area (Å²) in [5.41, 5.74) is 1.36. The average Bonchev–Trinajstić information content (AvgIpc) is 2.42. The van der Waals surface area contributed by atoms with Crippen LogP contribution >= 0.6 is 27.5 Å². The van der Waals surface area contributed by atoms with Crippen molar-refractivity contribution in [3.63, 3.8) is 0 Å². The summed E-state index contributed by atoms with van der Waals surface area (Å²) in [6, 6.07) is 6.73. The zero-order chi connectivity index (χ0) is 14.0. The maximum Gasteiger partial charge on any atom is 0.0462 e. The van der Waals surface area contributed by atoms with Gasteiger partial charge in [-0.1, -0.05) is 33.6 Å². The Morgan fingerprint density at radius 3 is 2.89 bits per heavy atom. The van der Waals surface area contributed by atoms with Crippen molar-refractivity contribution in [1.29, 1.82) is 0 Å². The van der Waals surface area contributed by atoms with Crippen LogP contribution in [0.25, 0.3) is 0 Å². The van der Waals surface area contributed by atoms with Gasteiger partial charge in [-0.3, -0.25) is 4.90 Å². The van der Waals surface area contributed by atoms with E-state index in [1.54, 1.807) is 0 Å². The standard InChI is InChI=1S/C15H22BrClN2/c1-11-6-7-18-15(2,3)10-19(11)9-12-4-5-13(16)8-14(12)17/h4-5,8,11,18H,6-7,9-10H2,1-3H3. The molecule has 1 heterocycles. The van der Waals surface area contributed by atoms with Gasteiger partial charge in [-0.05, 0) is 51.4 Å². The van der Waals surface area contributed by atoms with Crippen LogP contribution in [0.3, 0.4) is 0 Å². The fourth-order valence-electron chi connectivity index (χ4n) is 2.60. The molecule has 1 aliphatic heterocycles. The molecule has 4 heteroatoms. The Morgan fingerprint density at radius 2 is 2.21 bits per heavy atom. The molecule has 19 heavy (non-hydrogen) atoms. The number of hydrogen-bond donors (Lipinski definition) is 1. The Labute approximate surface area is 129 Å². The topological polar surface area (TPSA) is 15.3 Å².